The summed E-state index contributed by atoms with van der Waals surface area (Å²) < 4.78 is 10.6. The summed E-state index contributed by atoms with van der Waals surface area (Å²) in [6.07, 6.45) is 0. The van der Waals surface area contributed by atoms with Gasteiger partial charge >= 0.3 is 0 Å². The van der Waals surface area contributed by atoms with Gasteiger partial charge in [-0.1, -0.05) is 17.7 Å². The first-order valence-corrected chi connectivity index (χ1v) is 8.25. The lowest BCUT2D eigenvalue weighted by molar-refractivity contribution is 0.354. The predicted octanol–water partition coefficient (Wildman–Crippen LogP) is 3.44. The van der Waals surface area contributed by atoms with Crippen LogP contribution in [0.5, 0.6) is 11.5 Å². The molecule has 7 nitrogen and oxygen atoms in total. The molecule has 0 radical (unpaired) electrons. The Kier molecular flexibility index (Phi) is 4.04. The molecule has 4 rings (SSSR count). The lowest BCUT2D eigenvalue weighted by Gasteiger charge is -2.10. The van der Waals surface area contributed by atoms with E-state index in [9.17, 15) is 0 Å². The summed E-state index contributed by atoms with van der Waals surface area (Å²) in [5, 5.41) is 12.8. The van der Waals surface area contributed by atoms with Crippen molar-refractivity contribution in [3.05, 3.63) is 47.5 Å². The van der Waals surface area contributed by atoms with Crippen LogP contribution in [0.4, 0.5) is 5.95 Å². The maximum atomic E-state index is 5.33. The number of anilines is 1. The second-order valence-electron chi connectivity index (χ2n) is 6.05. The third-order valence-electron chi connectivity index (χ3n) is 4.27. The van der Waals surface area contributed by atoms with E-state index >= 15 is 0 Å². The number of aromatic amines is 1. The molecule has 132 valence electrons. The molecule has 0 amide bonds. The van der Waals surface area contributed by atoms with Gasteiger partial charge in [-0.3, -0.25) is 0 Å². The summed E-state index contributed by atoms with van der Waals surface area (Å²) in [5.41, 5.74) is 4.70. The smallest absolute Gasteiger partial charge is 0.245 e. The van der Waals surface area contributed by atoms with Gasteiger partial charge in [-0.2, -0.15) is 4.98 Å². The first kappa shape index (κ1) is 16.1. The summed E-state index contributed by atoms with van der Waals surface area (Å²) >= 11 is 0. The number of ether oxygens (including phenoxy) is 2. The van der Waals surface area contributed by atoms with Gasteiger partial charge in [-0.05, 0) is 36.8 Å². The summed E-state index contributed by atoms with van der Waals surface area (Å²) in [6, 6.07) is 11.9. The van der Waals surface area contributed by atoms with Crippen LogP contribution in [0.3, 0.4) is 0 Å². The van der Waals surface area contributed by atoms with Crippen LogP contribution >= 0.6 is 0 Å². The van der Waals surface area contributed by atoms with E-state index in [1.54, 1.807) is 14.2 Å². The Labute approximate surface area is 150 Å². The zero-order valence-corrected chi connectivity index (χ0v) is 14.8. The number of methoxy groups -OCH3 is 2. The summed E-state index contributed by atoms with van der Waals surface area (Å²) in [7, 11) is 3.24. The van der Waals surface area contributed by atoms with E-state index in [1.807, 2.05) is 24.3 Å². The van der Waals surface area contributed by atoms with Crippen molar-refractivity contribution in [2.24, 2.45) is 0 Å². The molecule has 0 aliphatic heterocycles. The van der Waals surface area contributed by atoms with E-state index < -0.39 is 0 Å². The van der Waals surface area contributed by atoms with E-state index in [0.717, 1.165) is 27.6 Å². The lowest BCUT2D eigenvalue weighted by Crippen LogP contribution is -2.05. The number of fused-ring (bicyclic) bond motifs is 3. The van der Waals surface area contributed by atoms with Crippen molar-refractivity contribution in [2.75, 3.05) is 19.5 Å². The van der Waals surface area contributed by atoms with Crippen molar-refractivity contribution >= 4 is 28.0 Å². The fraction of sp³-hybridized carbons (Fsp3) is 0.211. The number of hydrogen-bond acceptors (Lipinski definition) is 6. The van der Waals surface area contributed by atoms with Gasteiger partial charge in [0.2, 0.25) is 5.95 Å². The molecule has 0 unspecified atom stereocenters. The standard InChI is InChI=1S/C19H19N5O2/c1-11-4-6-14-13(8-11)17-18(21-14)22-19(24-23-17)20-10-12-5-7-15(25-2)16(9-12)26-3/h4-9H,10H2,1-3H3,(H2,20,21,22,24). The quantitative estimate of drug-likeness (QED) is 0.574. The Bertz CT molecular complexity index is 1090. The topological polar surface area (TPSA) is 85.0 Å². The van der Waals surface area contributed by atoms with Gasteiger partial charge in [0.25, 0.3) is 0 Å². The Morgan fingerprint density at radius 3 is 2.65 bits per heavy atom. The number of nitrogens with one attached hydrogen (secondary N) is 2. The minimum atomic E-state index is 0.468. The maximum Gasteiger partial charge on any atom is 0.245 e. The molecule has 0 atom stereocenters. The van der Waals surface area contributed by atoms with Gasteiger partial charge in [0.1, 0.15) is 5.52 Å². The van der Waals surface area contributed by atoms with E-state index in [0.29, 0.717) is 24.0 Å². The molecule has 2 heterocycles. The molecule has 0 bridgehead atoms. The number of aryl methyl sites for hydroxylation is 1. The number of hydrogen-bond donors (Lipinski definition) is 2. The molecule has 2 N–H and O–H groups in total. The summed E-state index contributed by atoms with van der Waals surface area (Å²) in [4.78, 5) is 7.82. The Balaban J connectivity index is 1.59. The fourth-order valence-electron chi connectivity index (χ4n) is 2.93. The second kappa shape index (κ2) is 6.51. The largest absolute Gasteiger partial charge is 0.493 e. The molecule has 0 aliphatic rings. The SMILES string of the molecule is COc1ccc(CNc2nnc3c(n2)[nH]c2ccc(C)cc23)cc1OC. The van der Waals surface area contributed by atoms with Crippen LogP contribution in [0.1, 0.15) is 11.1 Å². The third kappa shape index (κ3) is 2.88. The van der Waals surface area contributed by atoms with Gasteiger partial charge in [0.15, 0.2) is 17.1 Å². The molecule has 0 aliphatic carbocycles. The molecule has 0 spiro atoms. The van der Waals surface area contributed by atoms with E-state index in [-0.39, 0.29) is 0 Å². The Hall–Kier alpha value is -3.35. The molecule has 2 aromatic carbocycles. The van der Waals surface area contributed by atoms with Crippen LogP contribution in [-0.4, -0.2) is 34.4 Å². The van der Waals surface area contributed by atoms with Crippen LogP contribution in [0.25, 0.3) is 22.1 Å². The molecule has 0 fully saturated rings. The minimum absolute atomic E-state index is 0.468. The molecule has 2 aromatic heterocycles. The first-order chi connectivity index (χ1) is 12.7. The molecule has 26 heavy (non-hydrogen) atoms. The fourth-order valence-corrected chi connectivity index (χ4v) is 2.93. The molecule has 7 heteroatoms. The number of aromatic nitrogens is 4. The van der Waals surface area contributed by atoms with Crippen LogP contribution in [0, 0.1) is 6.92 Å². The van der Waals surface area contributed by atoms with E-state index in [4.69, 9.17) is 9.47 Å². The predicted molar refractivity (Wildman–Crippen MR) is 101 cm³/mol. The highest BCUT2D eigenvalue weighted by atomic mass is 16.5. The van der Waals surface area contributed by atoms with E-state index in [2.05, 4.69) is 44.5 Å². The normalized spacial score (nSPS) is 11.0. The van der Waals surface area contributed by atoms with Gasteiger partial charge in [-0.15, -0.1) is 10.2 Å². The van der Waals surface area contributed by atoms with Gasteiger partial charge in [-0.25, -0.2) is 0 Å². The van der Waals surface area contributed by atoms with Crippen LogP contribution in [-0.2, 0) is 6.54 Å². The molecule has 4 aromatic rings. The molecular formula is C19H19N5O2. The number of benzene rings is 2. The average Bonchev–Trinajstić information content (AvgIpc) is 3.03. The monoisotopic (exact) mass is 349 g/mol. The van der Waals surface area contributed by atoms with Crippen molar-refractivity contribution < 1.29 is 9.47 Å². The van der Waals surface area contributed by atoms with Gasteiger partial charge in [0.05, 0.1) is 14.2 Å². The Morgan fingerprint density at radius 2 is 1.85 bits per heavy atom. The van der Waals surface area contributed by atoms with Gasteiger partial charge in [0, 0.05) is 17.4 Å². The third-order valence-corrected chi connectivity index (χ3v) is 4.27. The van der Waals surface area contributed by atoms with Crippen molar-refractivity contribution in [3.8, 4) is 11.5 Å². The highest BCUT2D eigenvalue weighted by Crippen LogP contribution is 2.28. The van der Waals surface area contributed by atoms with Crippen LogP contribution < -0.4 is 14.8 Å². The summed E-state index contributed by atoms with van der Waals surface area (Å²) in [6.45, 7) is 2.60. The number of nitrogens with zero attached hydrogens (tertiary/aromatic N) is 3. The lowest BCUT2D eigenvalue weighted by atomic mass is 10.2. The second-order valence-corrected chi connectivity index (χ2v) is 6.05. The average molecular weight is 349 g/mol. The van der Waals surface area contributed by atoms with Gasteiger partial charge < -0.3 is 19.8 Å². The zero-order chi connectivity index (χ0) is 18.1. The van der Waals surface area contributed by atoms with Crippen molar-refractivity contribution in [2.45, 2.75) is 13.5 Å². The molecule has 0 saturated heterocycles. The first-order valence-electron chi connectivity index (χ1n) is 8.25. The highest BCUT2D eigenvalue weighted by Gasteiger charge is 2.10. The van der Waals surface area contributed by atoms with Crippen molar-refractivity contribution in [3.63, 3.8) is 0 Å². The maximum absolute atomic E-state index is 5.33. The number of H-pyrrole nitrogens is 1. The number of rotatable bonds is 5. The minimum Gasteiger partial charge on any atom is -0.493 e. The highest BCUT2D eigenvalue weighted by molar-refractivity contribution is 6.03. The van der Waals surface area contributed by atoms with E-state index in [1.165, 1.54) is 5.56 Å². The van der Waals surface area contributed by atoms with Crippen molar-refractivity contribution in [1.82, 2.24) is 20.2 Å². The van der Waals surface area contributed by atoms with Crippen LogP contribution in [0.15, 0.2) is 36.4 Å². The summed E-state index contributed by atoms with van der Waals surface area (Å²) in [5.74, 6) is 1.85. The molecular weight excluding hydrogens is 330 g/mol. The zero-order valence-electron chi connectivity index (χ0n) is 14.8. The molecule has 0 saturated carbocycles. The van der Waals surface area contributed by atoms with Crippen LogP contribution in [0.2, 0.25) is 0 Å². The van der Waals surface area contributed by atoms with Crippen molar-refractivity contribution in [1.29, 1.82) is 0 Å². The Morgan fingerprint density at radius 1 is 1.00 bits per heavy atom.